The van der Waals surface area contributed by atoms with Crippen molar-refractivity contribution in [3.05, 3.63) is 71.1 Å². The standard InChI is InChI=1S/C21H21N3O/c1-14-5-6-17(15(2)12-14)21(25)24-10-7-16(8-11-24)18-13-23-19-4-3-9-22-20(18)19/h3-7,9,12-13,23H,8,10-11H2,1-2H3. The molecule has 0 aliphatic carbocycles. The van der Waals surface area contributed by atoms with Crippen molar-refractivity contribution in [2.45, 2.75) is 20.3 Å². The summed E-state index contributed by atoms with van der Waals surface area (Å²) in [6, 6.07) is 9.97. The molecule has 0 unspecified atom stereocenters. The Balaban J connectivity index is 1.56. The molecule has 1 aliphatic heterocycles. The first kappa shape index (κ1) is 15.6. The smallest absolute Gasteiger partial charge is 0.254 e. The fraction of sp³-hybridized carbons (Fsp3) is 0.238. The summed E-state index contributed by atoms with van der Waals surface area (Å²) in [5.74, 6) is 0.116. The molecule has 1 amide bonds. The molecule has 4 rings (SSSR count). The molecule has 1 aromatic carbocycles. The van der Waals surface area contributed by atoms with E-state index in [1.165, 1.54) is 11.1 Å². The van der Waals surface area contributed by atoms with Gasteiger partial charge in [0.05, 0.1) is 11.0 Å². The maximum atomic E-state index is 12.8. The lowest BCUT2D eigenvalue weighted by Gasteiger charge is -2.27. The predicted molar refractivity (Wildman–Crippen MR) is 101 cm³/mol. The number of aromatic nitrogens is 2. The van der Waals surface area contributed by atoms with E-state index in [4.69, 9.17) is 0 Å². The molecule has 1 aliphatic rings. The van der Waals surface area contributed by atoms with Gasteiger partial charge >= 0.3 is 0 Å². The lowest BCUT2D eigenvalue weighted by molar-refractivity contribution is 0.0772. The number of rotatable bonds is 2. The van der Waals surface area contributed by atoms with Gasteiger partial charge in [0.1, 0.15) is 0 Å². The molecule has 0 saturated heterocycles. The van der Waals surface area contributed by atoms with Gasteiger partial charge in [0.2, 0.25) is 0 Å². The van der Waals surface area contributed by atoms with Crippen molar-refractivity contribution in [2.75, 3.05) is 13.1 Å². The summed E-state index contributed by atoms with van der Waals surface area (Å²) in [6.07, 6.45) is 6.84. The van der Waals surface area contributed by atoms with Gasteiger partial charge in [0, 0.05) is 36.6 Å². The van der Waals surface area contributed by atoms with E-state index in [9.17, 15) is 4.79 Å². The lowest BCUT2D eigenvalue weighted by atomic mass is 9.99. The first-order valence-electron chi connectivity index (χ1n) is 8.61. The van der Waals surface area contributed by atoms with Crippen LogP contribution in [0.1, 0.15) is 33.5 Å². The number of aryl methyl sites for hydroxylation is 2. The van der Waals surface area contributed by atoms with Gasteiger partial charge in [-0.3, -0.25) is 9.78 Å². The normalized spacial score (nSPS) is 14.6. The van der Waals surface area contributed by atoms with Crippen LogP contribution in [-0.2, 0) is 0 Å². The van der Waals surface area contributed by atoms with Crippen molar-refractivity contribution in [3.63, 3.8) is 0 Å². The first-order chi connectivity index (χ1) is 12.1. The van der Waals surface area contributed by atoms with Gasteiger partial charge in [-0.15, -0.1) is 0 Å². The number of fused-ring (bicyclic) bond motifs is 1. The largest absolute Gasteiger partial charge is 0.359 e. The summed E-state index contributed by atoms with van der Waals surface area (Å²) in [7, 11) is 0. The Morgan fingerprint density at radius 2 is 2.12 bits per heavy atom. The second-order valence-electron chi connectivity index (χ2n) is 6.65. The van der Waals surface area contributed by atoms with E-state index < -0.39 is 0 Å². The minimum Gasteiger partial charge on any atom is -0.359 e. The maximum absolute atomic E-state index is 12.8. The molecule has 0 radical (unpaired) electrons. The third-order valence-electron chi connectivity index (χ3n) is 4.89. The molecule has 2 aromatic heterocycles. The zero-order valence-electron chi connectivity index (χ0n) is 14.5. The number of nitrogens with zero attached hydrogens (tertiary/aromatic N) is 2. The van der Waals surface area contributed by atoms with Crippen molar-refractivity contribution in [3.8, 4) is 0 Å². The number of nitrogens with one attached hydrogen (secondary N) is 1. The van der Waals surface area contributed by atoms with Gasteiger partial charge in [0.15, 0.2) is 0 Å². The van der Waals surface area contributed by atoms with Gasteiger partial charge in [0.25, 0.3) is 5.91 Å². The van der Waals surface area contributed by atoms with Crippen LogP contribution in [0, 0.1) is 13.8 Å². The average molecular weight is 331 g/mol. The summed E-state index contributed by atoms with van der Waals surface area (Å²) < 4.78 is 0. The maximum Gasteiger partial charge on any atom is 0.254 e. The Morgan fingerprint density at radius 1 is 1.24 bits per heavy atom. The topological polar surface area (TPSA) is 49.0 Å². The summed E-state index contributed by atoms with van der Waals surface area (Å²) in [6.45, 7) is 5.42. The van der Waals surface area contributed by atoms with Crippen LogP contribution in [0.2, 0.25) is 0 Å². The Labute approximate surface area is 147 Å². The zero-order valence-corrected chi connectivity index (χ0v) is 14.5. The Bertz CT molecular complexity index is 984. The molecule has 0 saturated carbocycles. The van der Waals surface area contributed by atoms with Crippen LogP contribution >= 0.6 is 0 Å². The van der Waals surface area contributed by atoms with Crippen LogP contribution in [-0.4, -0.2) is 33.9 Å². The second kappa shape index (κ2) is 6.20. The highest BCUT2D eigenvalue weighted by molar-refractivity contribution is 5.96. The minimum absolute atomic E-state index is 0.116. The highest BCUT2D eigenvalue weighted by Crippen LogP contribution is 2.28. The van der Waals surface area contributed by atoms with Crippen LogP contribution in [0.25, 0.3) is 16.6 Å². The van der Waals surface area contributed by atoms with E-state index in [1.54, 1.807) is 0 Å². The highest BCUT2D eigenvalue weighted by Gasteiger charge is 2.21. The number of hydrogen-bond donors (Lipinski definition) is 1. The minimum atomic E-state index is 0.116. The third-order valence-corrected chi connectivity index (χ3v) is 4.89. The SMILES string of the molecule is Cc1ccc(C(=O)N2CC=C(c3c[nH]c4cccnc34)CC2)c(C)c1. The van der Waals surface area contributed by atoms with Crippen molar-refractivity contribution >= 4 is 22.5 Å². The molecule has 0 fully saturated rings. The molecule has 3 heterocycles. The summed E-state index contributed by atoms with van der Waals surface area (Å²) in [5.41, 5.74) is 7.48. The zero-order chi connectivity index (χ0) is 17.4. The fourth-order valence-corrected chi connectivity index (χ4v) is 3.52. The van der Waals surface area contributed by atoms with Gasteiger partial charge in [-0.1, -0.05) is 23.8 Å². The number of carbonyl (C=O) groups excluding carboxylic acids is 1. The monoisotopic (exact) mass is 331 g/mol. The Hall–Kier alpha value is -2.88. The van der Waals surface area contributed by atoms with Gasteiger partial charge in [-0.2, -0.15) is 0 Å². The van der Waals surface area contributed by atoms with Gasteiger partial charge in [-0.25, -0.2) is 0 Å². The molecule has 0 spiro atoms. The summed E-state index contributed by atoms with van der Waals surface area (Å²) >= 11 is 0. The fourth-order valence-electron chi connectivity index (χ4n) is 3.52. The van der Waals surface area contributed by atoms with E-state index in [-0.39, 0.29) is 5.91 Å². The quantitative estimate of drug-likeness (QED) is 0.768. The number of amides is 1. The van der Waals surface area contributed by atoms with Crippen molar-refractivity contribution < 1.29 is 4.79 Å². The number of carbonyl (C=O) groups is 1. The van der Waals surface area contributed by atoms with Crippen LogP contribution in [0.5, 0.6) is 0 Å². The molecule has 126 valence electrons. The van der Waals surface area contributed by atoms with E-state index in [1.807, 2.05) is 55.4 Å². The van der Waals surface area contributed by atoms with Crippen LogP contribution in [0.3, 0.4) is 0 Å². The van der Waals surface area contributed by atoms with Crippen molar-refractivity contribution in [1.82, 2.24) is 14.9 Å². The molecule has 4 heteroatoms. The van der Waals surface area contributed by atoms with Crippen molar-refractivity contribution in [2.24, 2.45) is 0 Å². The Morgan fingerprint density at radius 3 is 2.88 bits per heavy atom. The van der Waals surface area contributed by atoms with E-state index >= 15 is 0 Å². The molecular weight excluding hydrogens is 310 g/mol. The predicted octanol–water partition coefficient (Wildman–Crippen LogP) is 4.11. The summed E-state index contributed by atoms with van der Waals surface area (Å²) in [4.78, 5) is 22.5. The first-order valence-corrected chi connectivity index (χ1v) is 8.61. The Kier molecular flexibility index (Phi) is 3.88. The van der Waals surface area contributed by atoms with E-state index in [0.717, 1.165) is 40.7 Å². The van der Waals surface area contributed by atoms with Crippen LogP contribution < -0.4 is 0 Å². The lowest BCUT2D eigenvalue weighted by Crippen LogP contribution is -2.35. The van der Waals surface area contributed by atoms with Crippen molar-refractivity contribution in [1.29, 1.82) is 0 Å². The van der Waals surface area contributed by atoms with Crippen LogP contribution in [0.4, 0.5) is 0 Å². The van der Waals surface area contributed by atoms with E-state index in [2.05, 4.69) is 22.1 Å². The second-order valence-corrected chi connectivity index (χ2v) is 6.65. The molecule has 3 aromatic rings. The highest BCUT2D eigenvalue weighted by atomic mass is 16.2. The average Bonchev–Trinajstić information content (AvgIpc) is 3.05. The summed E-state index contributed by atoms with van der Waals surface area (Å²) in [5, 5.41) is 0. The van der Waals surface area contributed by atoms with Crippen LogP contribution in [0.15, 0.2) is 48.8 Å². The number of benzene rings is 1. The molecule has 0 bridgehead atoms. The molecule has 4 nitrogen and oxygen atoms in total. The molecule has 25 heavy (non-hydrogen) atoms. The molecule has 1 N–H and O–H groups in total. The molecular formula is C21H21N3O. The van der Waals surface area contributed by atoms with E-state index in [0.29, 0.717) is 6.54 Å². The number of H-pyrrole nitrogens is 1. The van der Waals surface area contributed by atoms with Gasteiger partial charge in [-0.05, 0) is 49.6 Å². The molecule has 0 atom stereocenters. The number of hydrogen-bond acceptors (Lipinski definition) is 2. The van der Waals surface area contributed by atoms with Gasteiger partial charge < -0.3 is 9.88 Å². The third kappa shape index (κ3) is 2.84. The number of pyridine rings is 1. The number of aromatic amines is 1.